The second-order valence-corrected chi connectivity index (χ2v) is 11.5. The average molecular weight is 589 g/mol. The van der Waals surface area contributed by atoms with E-state index in [-0.39, 0.29) is 24.6 Å². The van der Waals surface area contributed by atoms with Crippen molar-refractivity contribution in [2.75, 3.05) is 19.5 Å². The highest BCUT2D eigenvalue weighted by Crippen LogP contribution is 2.36. The molecule has 0 saturated heterocycles. The molecule has 0 radical (unpaired) electrons. The number of aromatic nitrogens is 4. The first kappa shape index (κ1) is 29.6. The van der Waals surface area contributed by atoms with Gasteiger partial charge in [0, 0.05) is 24.3 Å². The molecule has 1 fully saturated rings. The van der Waals surface area contributed by atoms with Crippen LogP contribution < -0.4 is 19.5 Å². The van der Waals surface area contributed by atoms with Gasteiger partial charge in [0.1, 0.15) is 18.5 Å². The highest BCUT2D eigenvalue weighted by atomic mass is 16.6. The zero-order valence-corrected chi connectivity index (χ0v) is 25.2. The van der Waals surface area contributed by atoms with E-state index >= 15 is 0 Å². The van der Waals surface area contributed by atoms with Crippen LogP contribution in [-0.4, -0.2) is 62.5 Å². The van der Waals surface area contributed by atoms with Crippen molar-refractivity contribution in [3.8, 4) is 23.1 Å². The predicted molar refractivity (Wildman–Crippen MR) is 160 cm³/mol. The molecular formula is C31H36N6O6. The van der Waals surface area contributed by atoms with Crippen LogP contribution >= 0.6 is 0 Å². The third kappa shape index (κ3) is 7.51. The molecule has 0 atom stereocenters. The Balaban J connectivity index is 1.24. The number of rotatable bonds is 10. The Labute approximate surface area is 249 Å². The molecule has 12 nitrogen and oxygen atoms in total. The van der Waals surface area contributed by atoms with Crippen LogP contribution in [0, 0.1) is 6.92 Å². The molecule has 1 saturated carbocycles. The number of ether oxygens (including phenoxy) is 4. The van der Waals surface area contributed by atoms with Gasteiger partial charge < -0.3 is 29.2 Å². The number of carbonyl (C=O) groups is 2. The van der Waals surface area contributed by atoms with Crippen molar-refractivity contribution in [1.29, 1.82) is 0 Å². The van der Waals surface area contributed by atoms with Gasteiger partial charge in [-0.3, -0.25) is 9.48 Å². The summed E-state index contributed by atoms with van der Waals surface area (Å²) in [6.45, 7) is 7.90. The lowest BCUT2D eigenvalue weighted by Crippen LogP contribution is -2.37. The number of benzene rings is 2. The summed E-state index contributed by atoms with van der Waals surface area (Å²) < 4.78 is 23.8. The third-order valence-corrected chi connectivity index (χ3v) is 6.62. The van der Waals surface area contributed by atoms with Gasteiger partial charge in [0.2, 0.25) is 11.8 Å². The average Bonchev–Trinajstić information content (AvgIpc) is 3.69. The smallest absolute Gasteiger partial charge is 0.410 e. The van der Waals surface area contributed by atoms with Crippen molar-refractivity contribution < 1.29 is 28.5 Å². The van der Waals surface area contributed by atoms with E-state index in [1.165, 1.54) is 17.2 Å². The second kappa shape index (κ2) is 12.2. The Morgan fingerprint density at radius 2 is 1.79 bits per heavy atom. The molecule has 2 heterocycles. The lowest BCUT2D eigenvalue weighted by molar-refractivity contribution is -0.116. The quantitative estimate of drug-likeness (QED) is 0.256. The van der Waals surface area contributed by atoms with Crippen LogP contribution in [0.5, 0.6) is 23.1 Å². The molecular weight excluding hydrogens is 552 g/mol. The predicted octanol–water partition coefficient (Wildman–Crippen LogP) is 5.48. The molecule has 4 aromatic rings. The minimum atomic E-state index is -0.572. The first-order valence-corrected chi connectivity index (χ1v) is 14.0. The molecule has 2 aromatic carbocycles. The van der Waals surface area contributed by atoms with Crippen molar-refractivity contribution in [2.24, 2.45) is 0 Å². The molecule has 1 aliphatic rings. The van der Waals surface area contributed by atoms with Crippen LogP contribution in [0.2, 0.25) is 0 Å². The lowest BCUT2D eigenvalue weighted by atomic mass is 10.1. The third-order valence-electron chi connectivity index (χ3n) is 6.62. The Kier molecular flexibility index (Phi) is 8.38. The number of carbonyl (C=O) groups excluding carboxylic acids is 2. The maximum atomic E-state index is 12.9. The molecule has 12 heteroatoms. The van der Waals surface area contributed by atoms with Crippen molar-refractivity contribution in [3.63, 3.8) is 0 Å². The zero-order chi connectivity index (χ0) is 30.7. The second-order valence-electron chi connectivity index (χ2n) is 11.5. The monoisotopic (exact) mass is 588 g/mol. The number of nitrogens with one attached hydrogen (secondary N) is 1. The fourth-order valence-corrected chi connectivity index (χ4v) is 4.66. The molecule has 1 aliphatic carbocycles. The summed E-state index contributed by atoms with van der Waals surface area (Å²) in [7, 11) is 3.10. The molecule has 43 heavy (non-hydrogen) atoms. The van der Waals surface area contributed by atoms with Crippen LogP contribution in [0.3, 0.4) is 0 Å². The number of nitrogens with zero attached hydrogens (tertiary/aromatic N) is 5. The van der Waals surface area contributed by atoms with Crippen LogP contribution in [0.25, 0.3) is 10.9 Å². The molecule has 0 unspecified atom stereocenters. The molecule has 2 amide bonds. The van der Waals surface area contributed by atoms with Gasteiger partial charge in [0.15, 0.2) is 17.2 Å². The van der Waals surface area contributed by atoms with Crippen molar-refractivity contribution in [1.82, 2.24) is 24.6 Å². The number of hydrogen-bond acceptors (Lipinski definition) is 9. The van der Waals surface area contributed by atoms with Gasteiger partial charge in [-0.05, 0) is 69.9 Å². The first-order chi connectivity index (χ1) is 20.5. The van der Waals surface area contributed by atoms with Gasteiger partial charge in [0.05, 0.1) is 37.5 Å². The number of anilines is 1. The van der Waals surface area contributed by atoms with E-state index in [1.807, 2.05) is 45.9 Å². The molecule has 2 aromatic heterocycles. The zero-order valence-electron chi connectivity index (χ0n) is 25.2. The topological polar surface area (TPSA) is 130 Å². The summed E-state index contributed by atoms with van der Waals surface area (Å²) in [4.78, 5) is 36.1. The van der Waals surface area contributed by atoms with Gasteiger partial charge in [-0.1, -0.05) is 6.07 Å². The largest absolute Gasteiger partial charge is 0.493 e. The van der Waals surface area contributed by atoms with E-state index in [1.54, 1.807) is 37.4 Å². The van der Waals surface area contributed by atoms with E-state index in [2.05, 4.69) is 20.4 Å². The minimum absolute atomic E-state index is 0.0334. The number of fused-ring (bicyclic) bond motifs is 1. The molecule has 0 spiro atoms. The molecule has 226 valence electrons. The Morgan fingerprint density at radius 1 is 1.05 bits per heavy atom. The molecule has 0 aliphatic heterocycles. The van der Waals surface area contributed by atoms with E-state index in [4.69, 9.17) is 18.9 Å². The SMILES string of the molecule is COc1cc2ncnc(Oc3cnn(CC(=O)Nc4cc(C)cc(CN(C(=O)OC(C)(C)C)C5CC5)c4)c3)c2cc1OC. The fourth-order valence-electron chi connectivity index (χ4n) is 4.66. The summed E-state index contributed by atoms with van der Waals surface area (Å²) in [6.07, 6.45) is 6.11. The number of amides is 2. The van der Waals surface area contributed by atoms with Gasteiger partial charge >= 0.3 is 6.09 Å². The fraction of sp³-hybridized carbons (Fsp3) is 0.387. The van der Waals surface area contributed by atoms with Crippen LogP contribution in [0.4, 0.5) is 10.5 Å². The normalized spacial score (nSPS) is 13.0. The summed E-state index contributed by atoms with van der Waals surface area (Å²) >= 11 is 0. The van der Waals surface area contributed by atoms with E-state index < -0.39 is 5.60 Å². The standard InChI is InChI=1S/C31H36N6O6/c1-19-9-20(15-37(22-7-8-22)30(39)43-31(2,3)4)11-21(10-19)35-28(38)17-36-16-23(14-34-36)42-29-24-12-26(40-5)27(41-6)13-25(24)32-18-33-29/h9-14,16,18,22H,7-8,15,17H2,1-6H3,(H,35,38). The van der Waals surface area contributed by atoms with Gasteiger partial charge in [-0.15, -0.1) is 0 Å². The maximum Gasteiger partial charge on any atom is 0.410 e. The van der Waals surface area contributed by atoms with Crippen molar-refractivity contribution >= 4 is 28.6 Å². The number of methoxy groups -OCH3 is 2. The maximum absolute atomic E-state index is 12.9. The Morgan fingerprint density at radius 3 is 2.49 bits per heavy atom. The highest BCUT2D eigenvalue weighted by Gasteiger charge is 2.35. The van der Waals surface area contributed by atoms with E-state index in [9.17, 15) is 9.59 Å². The van der Waals surface area contributed by atoms with E-state index in [0.29, 0.717) is 46.3 Å². The Hall–Kier alpha value is -4.87. The highest BCUT2D eigenvalue weighted by molar-refractivity contribution is 5.90. The van der Waals surface area contributed by atoms with Gasteiger partial charge in [-0.25, -0.2) is 14.8 Å². The van der Waals surface area contributed by atoms with Crippen LogP contribution in [-0.2, 0) is 22.6 Å². The summed E-state index contributed by atoms with van der Waals surface area (Å²) in [5.41, 5.74) is 2.57. The minimum Gasteiger partial charge on any atom is -0.493 e. The summed E-state index contributed by atoms with van der Waals surface area (Å²) in [5, 5.41) is 7.84. The number of aryl methyl sites for hydroxylation is 1. The van der Waals surface area contributed by atoms with Crippen LogP contribution in [0.1, 0.15) is 44.7 Å². The molecule has 0 bridgehead atoms. The Bertz CT molecular complexity index is 1640. The molecule has 1 N–H and O–H groups in total. The first-order valence-electron chi connectivity index (χ1n) is 14.0. The lowest BCUT2D eigenvalue weighted by Gasteiger charge is -2.27. The molecule has 5 rings (SSSR count). The number of hydrogen-bond donors (Lipinski definition) is 1. The summed E-state index contributed by atoms with van der Waals surface area (Å²) in [6, 6.07) is 9.44. The van der Waals surface area contributed by atoms with E-state index in [0.717, 1.165) is 24.0 Å². The van der Waals surface area contributed by atoms with Gasteiger partial charge in [0.25, 0.3) is 0 Å². The van der Waals surface area contributed by atoms with Crippen molar-refractivity contribution in [2.45, 2.75) is 65.3 Å². The van der Waals surface area contributed by atoms with Gasteiger partial charge in [-0.2, -0.15) is 5.10 Å². The summed E-state index contributed by atoms with van der Waals surface area (Å²) in [5.74, 6) is 1.52. The van der Waals surface area contributed by atoms with Crippen LogP contribution in [0.15, 0.2) is 49.1 Å². The van der Waals surface area contributed by atoms with Crippen molar-refractivity contribution in [3.05, 3.63) is 60.2 Å².